The van der Waals surface area contributed by atoms with Gasteiger partial charge in [-0.15, -0.1) is 0 Å². The number of benzene rings is 3. The molecule has 8 heteroatoms. The fourth-order valence-electron chi connectivity index (χ4n) is 3.96. The smallest absolute Gasteiger partial charge is 0.157 e. The summed E-state index contributed by atoms with van der Waals surface area (Å²) in [5.74, 6) is 1.65. The van der Waals surface area contributed by atoms with Gasteiger partial charge in [0.05, 0.1) is 10.6 Å². The van der Waals surface area contributed by atoms with Gasteiger partial charge in [-0.1, -0.05) is 41.9 Å². The highest BCUT2D eigenvalue weighted by molar-refractivity contribution is 6.32. The predicted octanol–water partition coefficient (Wildman–Crippen LogP) is 5.78. The van der Waals surface area contributed by atoms with E-state index in [1.807, 2.05) is 49.4 Å². The van der Waals surface area contributed by atoms with Crippen LogP contribution in [0.4, 0.5) is 0 Å². The first kappa shape index (κ1) is 26.7. The van der Waals surface area contributed by atoms with Crippen molar-refractivity contribution in [1.29, 1.82) is 5.26 Å². The van der Waals surface area contributed by atoms with E-state index in [9.17, 15) is 4.79 Å². The first-order chi connectivity index (χ1) is 18.5. The topological polar surface area (TPSA) is 107 Å². The fraction of sp³-hybridized carbons (Fsp3) is 0.167. The number of aldehydes is 1. The van der Waals surface area contributed by atoms with Crippen molar-refractivity contribution in [2.24, 2.45) is 5.73 Å². The van der Waals surface area contributed by atoms with Crippen LogP contribution >= 0.6 is 11.6 Å². The van der Waals surface area contributed by atoms with Crippen LogP contribution in [0.15, 0.2) is 73.1 Å². The van der Waals surface area contributed by atoms with E-state index in [-0.39, 0.29) is 26.4 Å². The molecule has 1 aromatic heterocycles. The quantitative estimate of drug-likeness (QED) is 0.246. The number of rotatable bonds is 11. The minimum absolute atomic E-state index is 0.00880. The molecule has 0 aliphatic heterocycles. The highest BCUT2D eigenvalue weighted by Crippen LogP contribution is 2.35. The Bertz CT molecular complexity index is 1480. The van der Waals surface area contributed by atoms with E-state index in [0.29, 0.717) is 27.8 Å². The van der Waals surface area contributed by atoms with Crippen LogP contribution in [0.5, 0.6) is 17.2 Å². The molecular formula is C30H26ClN3O4. The van der Waals surface area contributed by atoms with Crippen LogP contribution in [0.3, 0.4) is 0 Å². The highest BCUT2D eigenvalue weighted by Gasteiger charge is 2.13. The Morgan fingerprint density at radius 2 is 1.79 bits per heavy atom. The Hall–Kier alpha value is -4.38. The van der Waals surface area contributed by atoms with Gasteiger partial charge in [-0.3, -0.25) is 9.78 Å². The second kappa shape index (κ2) is 12.7. The third-order valence-corrected chi connectivity index (χ3v) is 6.24. The lowest BCUT2D eigenvalue weighted by Gasteiger charge is -2.16. The Morgan fingerprint density at radius 1 is 0.974 bits per heavy atom. The van der Waals surface area contributed by atoms with Gasteiger partial charge < -0.3 is 19.9 Å². The molecule has 7 nitrogen and oxygen atoms in total. The fourth-order valence-corrected chi connectivity index (χ4v) is 4.20. The molecule has 0 amide bonds. The van der Waals surface area contributed by atoms with Crippen LogP contribution in [0.25, 0.3) is 11.1 Å². The normalized spacial score (nSPS) is 10.5. The number of ether oxygens (including phenoxy) is 3. The molecule has 38 heavy (non-hydrogen) atoms. The minimum atomic E-state index is 0.00880. The van der Waals surface area contributed by atoms with Gasteiger partial charge in [0.15, 0.2) is 6.29 Å². The van der Waals surface area contributed by atoms with Crippen molar-refractivity contribution in [1.82, 2.24) is 4.98 Å². The van der Waals surface area contributed by atoms with Crippen LogP contribution in [-0.2, 0) is 24.6 Å². The summed E-state index contributed by atoms with van der Waals surface area (Å²) in [6.45, 7) is 2.78. The molecule has 0 atom stereocenters. The molecule has 2 N–H and O–H groups in total. The summed E-state index contributed by atoms with van der Waals surface area (Å²) in [6, 6.07) is 20.9. The SMILES string of the molecule is Cc1c(COc2cc(OCc3cncc(C#N)c3)c(CN)cc2Cl)cccc1-c1cccc(OCC=O)c1. The first-order valence-corrected chi connectivity index (χ1v) is 12.3. The summed E-state index contributed by atoms with van der Waals surface area (Å²) < 4.78 is 17.6. The Morgan fingerprint density at radius 3 is 2.58 bits per heavy atom. The minimum Gasteiger partial charge on any atom is -0.488 e. The number of nitrogens with zero attached hydrogens (tertiary/aromatic N) is 2. The largest absolute Gasteiger partial charge is 0.488 e. The molecule has 0 aliphatic rings. The van der Waals surface area contributed by atoms with Gasteiger partial charge in [0.2, 0.25) is 0 Å². The highest BCUT2D eigenvalue weighted by atomic mass is 35.5. The zero-order valence-electron chi connectivity index (χ0n) is 20.8. The number of carbonyl (C=O) groups excluding carboxylic acids is 1. The standard InChI is InChI=1S/C30H26ClN3O4/c1-20-24(5-3-7-27(20)23-4-2-6-26(11-23)36-9-8-35)19-38-30-13-29(25(15-33)12-28(30)31)37-18-22-10-21(14-32)16-34-17-22/h2-8,10-13,16-17H,9,15,18-19,33H2,1H3. The summed E-state index contributed by atoms with van der Waals surface area (Å²) in [6.07, 6.45) is 3.87. The lowest BCUT2D eigenvalue weighted by Crippen LogP contribution is -2.05. The molecule has 0 bridgehead atoms. The van der Waals surface area contributed by atoms with E-state index in [4.69, 9.17) is 36.8 Å². The molecule has 0 unspecified atom stereocenters. The summed E-state index contributed by atoms with van der Waals surface area (Å²) in [4.78, 5) is 14.7. The van der Waals surface area contributed by atoms with Crippen LogP contribution in [0.1, 0.15) is 27.8 Å². The lowest BCUT2D eigenvalue weighted by atomic mass is 9.96. The van der Waals surface area contributed by atoms with Gasteiger partial charge in [0, 0.05) is 36.1 Å². The average molecular weight is 528 g/mol. The summed E-state index contributed by atoms with van der Waals surface area (Å²) in [7, 11) is 0. The molecule has 192 valence electrons. The van der Waals surface area contributed by atoms with E-state index in [1.165, 1.54) is 6.20 Å². The Balaban J connectivity index is 1.52. The van der Waals surface area contributed by atoms with Crippen molar-refractivity contribution >= 4 is 17.9 Å². The zero-order chi connectivity index (χ0) is 26.9. The van der Waals surface area contributed by atoms with E-state index in [2.05, 4.69) is 11.1 Å². The van der Waals surface area contributed by atoms with Crippen molar-refractivity contribution in [3.8, 4) is 34.4 Å². The maximum atomic E-state index is 10.7. The number of aromatic nitrogens is 1. The van der Waals surface area contributed by atoms with Crippen molar-refractivity contribution in [3.63, 3.8) is 0 Å². The molecule has 0 aliphatic carbocycles. The third kappa shape index (κ3) is 6.48. The van der Waals surface area contributed by atoms with Crippen LogP contribution in [-0.4, -0.2) is 17.9 Å². The second-order valence-corrected chi connectivity index (χ2v) is 8.87. The number of nitriles is 1. The molecular weight excluding hydrogens is 502 g/mol. The van der Waals surface area contributed by atoms with Crippen molar-refractivity contribution in [2.45, 2.75) is 26.7 Å². The monoisotopic (exact) mass is 527 g/mol. The molecule has 1 heterocycles. The Kier molecular flexibility index (Phi) is 8.94. The number of hydrogen-bond acceptors (Lipinski definition) is 7. The Labute approximate surface area is 226 Å². The lowest BCUT2D eigenvalue weighted by molar-refractivity contribution is -0.109. The summed E-state index contributed by atoms with van der Waals surface area (Å²) in [5.41, 5.74) is 11.9. The van der Waals surface area contributed by atoms with Gasteiger partial charge in [-0.25, -0.2) is 0 Å². The van der Waals surface area contributed by atoms with Gasteiger partial charge in [0.25, 0.3) is 0 Å². The van der Waals surface area contributed by atoms with Gasteiger partial charge in [-0.05, 0) is 53.4 Å². The van der Waals surface area contributed by atoms with Crippen molar-refractivity contribution in [2.75, 3.05) is 6.61 Å². The van der Waals surface area contributed by atoms with Crippen molar-refractivity contribution in [3.05, 3.63) is 106 Å². The number of halogens is 1. The number of pyridine rings is 1. The average Bonchev–Trinajstić information content (AvgIpc) is 2.95. The van der Waals surface area contributed by atoms with Gasteiger partial charge >= 0.3 is 0 Å². The van der Waals surface area contributed by atoms with Crippen LogP contribution < -0.4 is 19.9 Å². The third-order valence-electron chi connectivity index (χ3n) is 5.95. The van der Waals surface area contributed by atoms with Gasteiger partial charge in [0.1, 0.15) is 43.1 Å². The molecule has 0 saturated heterocycles. The maximum absolute atomic E-state index is 10.7. The van der Waals surface area contributed by atoms with E-state index in [0.717, 1.165) is 39.7 Å². The summed E-state index contributed by atoms with van der Waals surface area (Å²) in [5, 5.41) is 9.53. The molecule has 3 aromatic carbocycles. The molecule has 0 radical (unpaired) electrons. The van der Waals surface area contributed by atoms with E-state index >= 15 is 0 Å². The number of carbonyl (C=O) groups is 1. The molecule has 0 saturated carbocycles. The number of nitrogens with two attached hydrogens (primary N) is 1. The zero-order valence-corrected chi connectivity index (χ0v) is 21.6. The van der Waals surface area contributed by atoms with Gasteiger partial charge in [-0.2, -0.15) is 5.26 Å². The molecule has 0 spiro atoms. The maximum Gasteiger partial charge on any atom is 0.157 e. The first-order valence-electron chi connectivity index (χ1n) is 11.9. The second-order valence-electron chi connectivity index (χ2n) is 8.46. The van der Waals surface area contributed by atoms with E-state index in [1.54, 1.807) is 24.4 Å². The van der Waals surface area contributed by atoms with Crippen LogP contribution in [0.2, 0.25) is 5.02 Å². The molecule has 0 fully saturated rings. The summed E-state index contributed by atoms with van der Waals surface area (Å²) >= 11 is 6.51. The van der Waals surface area contributed by atoms with Crippen molar-refractivity contribution < 1.29 is 19.0 Å². The predicted molar refractivity (Wildman–Crippen MR) is 145 cm³/mol. The molecule has 4 aromatic rings. The van der Waals surface area contributed by atoms with Crippen LogP contribution in [0, 0.1) is 18.3 Å². The van der Waals surface area contributed by atoms with E-state index < -0.39 is 0 Å². The molecule has 4 rings (SSSR count). The number of hydrogen-bond donors (Lipinski definition) is 1.